The van der Waals surface area contributed by atoms with Crippen LogP contribution in [0.1, 0.15) is 22.6 Å². The van der Waals surface area contributed by atoms with Crippen LogP contribution in [0, 0.1) is 0 Å². The predicted molar refractivity (Wildman–Crippen MR) is 145 cm³/mol. The molecule has 0 aliphatic rings. The molecule has 0 aliphatic heterocycles. The van der Waals surface area contributed by atoms with Crippen LogP contribution in [0.25, 0.3) is 33.1 Å². The summed E-state index contributed by atoms with van der Waals surface area (Å²) in [5, 5.41) is 13.5. The maximum atomic E-state index is 13.6. The summed E-state index contributed by atoms with van der Waals surface area (Å²) in [5.41, 5.74) is 4.44. The smallest absolute Gasteiger partial charge is 0.344 e. The lowest BCUT2D eigenvalue weighted by Gasteiger charge is -2.22. The third-order valence-corrected chi connectivity index (χ3v) is 7.15. The molecule has 1 N–H and O–H groups in total. The highest BCUT2D eigenvalue weighted by molar-refractivity contribution is 6.31. The first kappa shape index (κ1) is 22.2. The van der Waals surface area contributed by atoms with Crippen LogP contribution in [0.2, 0.25) is 5.02 Å². The molecule has 5 heteroatoms. The summed E-state index contributed by atoms with van der Waals surface area (Å²) in [6.45, 7) is 0. The van der Waals surface area contributed by atoms with Gasteiger partial charge in [-0.1, -0.05) is 90.5 Å². The van der Waals surface area contributed by atoms with Crippen molar-refractivity contribution in [1.29, 1.82) is 0 Å². The Bertz CT molecular complexity index is 1800. The zero-order valence-corrected chi connectivity index (χ0v) is 20.2. The van der Waals surface area contributed by atoms with Crippen LogP contribution < -0.4 is 5.63 Å². The highest BCUT2D eigenvalue weighted by atomic mass is 35.5. The average Bonchev–Trinajstić information content (AvgIpc) is 3.20. The summed E-state index contributed by atoms with van der Waals surface area (Å²) in [4.78, 5) is 13.6. The summed E-state index contributed by atoms with van der Waals surface area (Å²) in [6.07, 6.45) is 0. The Morgan fingerprint density at radius 1 is 0.778 bits per heavy atom. The quantitative estimate of drug-likeness (QED) is 0.260. The molecular weight excluding hydrogens is 470 g/mol. The number of aromatic hydroxyl groups is 1. The fourth-order valence-electron chi connectivity index (χ4n) is 5.23. The van der Waals surface area contributed by atoms with E-state index in [0.717, 1.165) is 27.7 Å². The first-order valence-electron chi connectivity index (χ1n) is 11.7. The molecule has 176 valence electrons. The zero-order chi connectivity index (χ0) is 24.8. The molecule has 0 saturated carbocycles. The fraction of sp³-hybridized carbons (Fsp3) is 0.0645. The van der Waals surface area contributed by atoms with Gasteiger partial charge in [0.1, 0.15) is 11.3 Å². The van der Waals surface area contributed by atoms with Crippen LogP contribution in [-0.4, -0.2) is 9.67 Å². The van der Waals surface area contributed by atoms with E-state index in [2.05, 4.69) is 10.6 Å². The van der Waals surface area contributed by atoms with E-state index in [1.165, 1.54) is 0 Å². The number of nitrogens with zero attached hydrogens (tertiary/aromatic N) is 1. The van der Waals surface area contributed by atoms with Crippen molar-refractivity contribution in [2.45, 2.75) is 5.92 Å². The standard InChI is InChI=1S/C31H22ClNO3/c1-33-24-17-9-6-14-21(24)27(29(33)19-11-3-2-4-12-19)26(20-13-5-8-16-23(20)32)28-30(34)22-15-7-10-18-25(22)36-31(28)35/h2-18,26,34H,1H3. The van der Waals surface area contributed by atoms with Gasteiger partial charge in [-0.05, 0) is 41.0 Å². The number of aryl methyl sites for hydroxylation is 1. The topological polar surface area (TPSA) is 55.4 Å². The molecule has 0 radical (unpaired) electrons. The number of hydrogen-bond donors (Lipinski definition) is 1. The van der Waals surface area contributed by atoms with Crippen LogP contribution in [0.5, 0.6) is 5.75 Å². The Balaban J connectivity index is 1.80. The fourth-order valence-corrected chi connectivity index (χ4v) is 5.47. The van der Waals surface area contributed by atoms with Gasteiger partial charge in [-0.25, -0.2) is 4.79 Å². The Morgan fingerprint density at radius 3 is 2.19 bits per heavy atom. The molecule has 1 unspecified atom stereocenters. The third-order valence-electron chi connectivity index (χ3n) is 6.81. The number of hydrogen-bond acceptors (Lipinski definition) is 3. The molecule has 1 atom stereocenters. The second-order valence-electron chi connectivity index (χ2n) is 8.81. The number of para-hydroxylation sites is 2. The Hall–Kier alpha value is -4.28. The van der Waals surface area contributed by atoms with Gasteiger partial charge < -0.3 is 14.1 Å². The molecular formula is C31H22ClNO3. The molecule has 0 bridgehead atoms. The highest BCUT2D eigenvalue weighted by Crippen LogP contribution is 2.47. The molecule has 0 fully saturated rings. The van der Waals surface area contributed by atoms with Gasteiger partial charge >= 0.3 is 5.63 Å². The number of fused-ring (bicyclic) bond motifs is 2. The molecule has 0 aliphatic carbocycles. The van der Waals surface area contributed by atoms with Crippen LogP contribution in [0.3, 0.4) is 0 Å². The minimum Gasteiger partial charge on any atom is -0.507 e. The summed E-state index contributed by atoms with van der Waals surface area (Å²) in [6, 6.07) is 32.6. The highest BCUT2D eigenvalue weighted by Gasteiger charge is 2.33. The Kier molecular flexibility index (Phi) is 5.39. The minimum atomic E-state index is -0.680. The first-order valence-corrected chi connectivity index (χ1v) is 12.1. The van der Waals surface area contributed by atoms with Gasteiger partial charge in [0.2, 0.25) is 0 Å². The Morgan fingerprint density at radius 2 is 1.42 bits per heavy atom. The van der Waals surface area contributed by atoms with Crippen molar-refractivity contribution in [3.63, 3.8) is 0 Å². The van der Waals surface area contributed by atoms with Gasteiger partial charge in [0.25, 0.3) is 0 Å². The van der Waals surface area contributed by atoms with Crippen molar-refractivity contribution in [2.75, 3.05) is 0 Å². The molecule has 6 aromatic rings. The number of rotatable bonds is 4. The van der Waals surface area contributed by atoms with Gasteiger partial charge in [0, 0.05) is 28.9 Å². The Labute approximate surface area is 212 Å². The van der Waals surface area contributed by atoms with E-state index >= 15 is 0 Å². The molecule has 4 aromatic carbocycles. The van der Waals surface area contributed by atoms with E-state index in [4.69, 9.17) is 16.0 Å². The van der Waals surface area contributed by atoms with Gasteiger partial charge in [-0.15, -0.1) is 0 Å². The molecule has 0 amide bonds. The lowest BCUT2D eigenvalue weighted by atomic mass is 9.82. The molecule has 2 heterocycles. The van der Waals surface area contributed by atoms with E-state index in [-0.39, 0.29) is 11.3 Å². The molecule has 36 heavy (non-hydrogen) atoms. The molecule has 0 spiro atoms. The maximum absolute atomic E-state index is 13.6. The van der Waals surface area contributed by atoms with Crippen molar-refractivity contribution in [3.05, 3.63) is 135 Å². The molecule has 6 rings (SSSR count). The normalized spacial score (nSPS) is 12.3. The van der Waals surface area contributed by atoms with Crippen LogP contribution in [0.4, 0.5) is 0 Å². The monoisotopic (exact) mass is 491 g/mol. The van der Waals surface area contributed by atoms with Gasteiger partial charge in [-0.2, -0.15) is 0 Å². The zero-order valence-electron chi connectivity index (χ0n) is 19.5. The van der Waals surface area contributed by atoms with Crippen molar-refractivity contribution < 1.29 is 9.52 Å². The van der Waals surface area contributed by atoms with Gasteiger partial charge in [0.15, 0.2) is 0 Å². The van der Waals surface area contributed by atoms with E-state index in [1.807, 2.05) is 79.8 Å². The second-order valence-corrected chi connectivity index (χ2v) is 9.21. The first-order chi connectivity index (χ1) is 17.6. The molecule has 0 saturated heterocycles. The van der Waals surface area contributed by atoms with E-state index in [9.17, 15) is 9.90 Å². The number of aromatic nitrogens is 1. The molecule has 4 nitrogen and oxygen atoms in total. The number of halogens is 1. The van der Waals surface area contributed by atoms with Gasteiger partial charge in [0.05, 0.1) is 16.6 Å². The summed E-state index contributed by atoms with van der Waals surface area (Å²) < 4.78 is 7.86. The molecule has 2 aromatic heterocycles. The lowest BCUT2D eigenvalue weighted by molar-refractivity contribution is 0.455. The largest absolute Gasteiger partial charge is 0.507 e. The lowest BCUT2D eigenvalue weighted by Crippen LogP contribution is -2.16. The summed E-state index contributed by atoms with van der Waals surface area (Å²) in [5.74, 6) is -0.778. The SMILES string of the molecule is Cn1c(-c2ccccc2)c(C(c2ccccc2Cl)c2c(O)c3ccccc3oc2=O)c2ccccc21. The minimum absolute atomic E-state index is 0.0984. The van der Waals surface area contributed by atoms with Crippen molar-refractivity contribution >= 4 is 33.5 Å². The van der Waals surface area contributed by atoms with Crippen molar-refractivity contribution in [2.24, 2.45) is 7.05 Å². The van der Waals surface area contributed by atoms with E-state index < -0.39 is 11.5 Å². The van der Waals surface area contributed by atoms with Crippen LogP contribution in [-0.2, 0) is 7.05 Å². The average molecular weight is 492 g/mol. The van der Waals surface area contributed by atoms with Crippen molar-refractivity contribution in [1.82, 2.24) is 4.57 Å². The van der Waals surface area contributed by atoms with E-state index in [1.54, 1.807) is 24.3 Å². The van der Waals surface area contributed by atoms with Crippen molar-refractivity contribution in [3.8, 4) is 17.0 Å². The number of benzene rings is 4. The summed E-state index contributed by atoms with van der Waals surface area (Å²) in [7, 11) is 2.01. The van der Waals surface area contributed by atoms with Crippen LogP contribution >= 0.6 is 11.6 Å². The maximum Gasteiger partial charge on any atom is 0.344 e. The van der Waals surface area contributed by atoms with Gasteiger partial charge in [-0.3, -0.25) is 0 Å². The second kappa shape index (κ2) is 8.74. The van der Waals surface area contributed by atoms with Crippen LogP contribution in [0.15, 0.2) is 112 Å². The summed E-state index contributed by atoms with van der Waals surface area (Å²) >= 11 is 6.78. The predicted octanol–water partition coefficient (Wildman–Crippen LogP) is 7.49. The van der Waals surface area contributed by atoms with E-state index in [0.29, 0.717) is 21.6 Å². The third kappa shape index (κ3) is 3.42.